The predicted molar refractivity (Wildman–Crippen MR) is 169 cm³/mol. The number of rotatable bonds is 6. The number of aromatic amines is 1. The van der Waals surface area contributed by atoms with E-state index in [0.717, 1.165) is 18.6 Å². The number of nitrogens with zero attached hydrogens (tertiary/aromatic N) is 3. The lowest BCUT2D eigenvalue weighted by Gasteiger charge is -2.36. The molecule has 0 bridgehead atoms. The van der Waals surface area contributed by atoms with E-state index in [1.54, 1.807) is 15.9 Å². The number of pyridine rings is 1. The number of carbonyl (C=O) groups is 3. The number of carbonyl (C=O) groups excluding carboxylic acids is 3. The van der Waals surface area contributed by atoms with Crippen molar-refractivity contribution in [2.75, 3.05) is 13.1 Å². The maximum absolute atomic E-state index is 14.4. The molecule has 0 unspecified atom stereocenters. The maximum Gasteiger partial charge on any atom is 0.399 e. The topological polar surface area (TPSA) is 184 Å². The first-order valence-corrected chi connectivity index (χ1v) is 17.4. The molecule has 3 aromatic rings. The van der Waals surface area contributed by atoms with Gasteiger partial charge in [-0.15, -0.1) is 0 Å². The fraction of sp³-hybridized carbons (Fsp3) is 0.424. The third kappa shape index (κ3) is 6.25. The van der Waals surface area contributed by atoms with Crippen molar-refractivity contribution in [3.05, 3.63) is 81.8 Å². The molecule has 3 fully saturated rings. The van der Waals surface area contributed by atoms with Crippen LogP contribution in [0.1, 0.15) is 65.9 Å². The van der Waals surface area contributed by atoms with Crippen LogP contribution in [0.25, 0.3) is 10.8 Å². The molecule has 3 saturated heterocycles. The summed E-state index contributed by atoms with van der Waals surface area (Å²) in [5.41, 5.74) is -4.89. The van der Waals surface area contributed by atoms with Gasteiger partial charge in [0.05, 0.1) is 12.0 Å². The fourth-order valence-corrected chi connectivity index (χ4v) is 7.72. The summed E-state index contributed by atoms with van der Waals surface area (Å²) in [5.74, 6) is -2.19. The van der Waals surface area contributed by atoms with E-state index >= 15 is 0 Å². The lowest BCUT2D eigenvalue weighted by molar-refractivity contribution is -0.146. The first-order valence-electron chi connectivity index (χ1n) is 15.8. The quantitative estimate of drug-likeness (QED) is 0.285. The number of likely N-dealkylation sites (tertiary alicyclic amines) is 1. The molecule has 1 aromatic heterocycles. The lowest BCUT2D eigenvalue weighted by atomic mass is 9.91. The van der Waals surface area contributed by atoms with Crippen LogP contribution in [-0.2, 0) is 19.8 Å². The van der Waals surface area contributed by atoms with Crippen molar-refractivity contribution in [1.29, 1.82) is 5.26 Å². The van der Waals surface area contributed by atoms with Crippen LogP contribution in [-0.4, -0.2) is 73.5 Å². The van der Waals surface area contributed by atoms with Crippen LogP contribution >= 0.6 is 7.60 Å². The van der Waals surface area contributed by atoms with E-state index in [1.165, 1.54) is 36.5 Å². The van der Waals surface area contributed by atoms with Gasteiger partial charge in [0, 0.05) is 48.4 Å². The standard InChI is InChI=1S/C33H34F2N5O7P/c34-33(35,48(45,46)47)24-8-7-19-5-6-21(13-22(19)14-24)30(42)38-27-4-2-1-3-25-9-10-28(40(25)31(27)43)32(44)39-17-23(16-36)26(18-39)20-11-12-37-29(41)15-20/h5-8,11-15,23,25-28H,1-4,9-10,17-18H2,(H,37,41)(H,38,42)(H2,45,46,47)/t23-,25-,26+,27-,28-/m0/s1. The van der Waals surface area contributed by atoms with Crippen LogP contribution in [0.4, 0.5) is 8.78 Å². The zero-order valence-corrected chi connectivity index (χ0v) is 26.6. The summed E-state index contributed by atoms with van der Waals surface area (Å²) in [7, 11) is -5.80. The van der Waals surface area contributed by atoms with Crippen LogP contribution in [0.5, 0.6) is 0 Å². The number of nitriles is 1. The first kappa shape index (κ1) is 33.5. The molecule has 12 nitrogen and oxygen atoms in total. The molecule has 15 heteroatoms. The minimum absolute atomic E-state index is 0.0602. The third-order valence-corrected chi connectivity index (χ3v) is 10.8. The molecule has 0 radical (unpaired) electrons. The molecular formula is C33H34F2N5O7P. The molecule has 3 aliphatic heterocycles. The summed E-state index contributed by atoms with van der Waals surface area (Å²) < 4.78 is 40.2. The summed E-state index contributed by atoms with van der Waals surface area (Å²) in [6.45, 7) is 0.396. The highest BCUT2D eigenvalue weighted by atomic mass is 31.2. The SMILES string of the molecule is N#C[C@H]1CN(C(=O)[C@@H]2CC[C@@H]3CCCC[C@H](NC(=O)c4ccc5ccc(C(F)(F)P(=O)(O)O)cc5c4)C(=O)N32)C[C@@H]1c1cc[nH]c(=O)c1. The van der Waals surface area contributed by atoms with Crippen LogP contribution in [0.15, 0.2) is 59.5 Å². The van der Waals surface area contributed by atoms with Crippen molar-refractivity contribution in [3.63, 3.8) is 0 Å². The smallest absolute Gasteiger partial charge is 0.340 e. The Morgan fingerprint density at radius 3 is 2.46 bits per heavy atom. The van der Waals surface area contributed by atoms with Crippen LogP contribution in [0, 0.1) is 17.2 Å². The summed E-state index contributed by atoms with van der Waals surface area (Å²) >= 11 is 0. The Morgan fingerprint density at radius 1 is 0.979 bits per heavy atom. The van der Waals surface area contributed by atoms with Crippen LogP contribution in [0.2, 0.25) is 0 Å². The normalized spacial score (nSPS) is 24.9. The highest BCUT2D eigenvalue weighted by Gasteiger charge is 2.50. The van der Waals surface area contributed by atoms with Crippen LogP contribution in [0.3, 0.4) is 0 Å². The minimum atomic E-state index is -5.80. The van der Waals surface area contributed by atoms with Crippen molar-refractivity contribution in [3.8, 4) is 6.07 Å². The second-order valence-electron chi connectivity index (χ2n) is 12.7. The van der Waals surface area contributed by atoms with Gasteiger partial charge in [-0.1, -0.05) is 31.0 Å². The highest BCUT2D eigenvalue weighted by molar-refractivity contribution is 7.52. The summed E-state index contributed by atoms with van der Waals surface area (Å²) in [4.78, 5) is 77.4. The molecule has 4 heterocycles. The van der Waals surface area contributed by atoms with E-state index < -0.39 is 48.6 Å². The van der Waals surface area contributed by atoms with Crippen molar-refractivity contribution in [2.45, 2.75) is 68.2 Å². The van der Waals surface area contributed by atoms with Gasteiger partial charge in [-0.25, -0.2) is 0 Å². The Bertz CT molecular complexity index is 1920. The number of hydrogen-bond acceptors (Lipinski definition) is 6. The molecule has 4 N–H and O–H groups in total. The van der Waals surface area contributed by atoms with Gasteiger partial charge in [0.15, 0.2) is 0 Å². The number of H-pyrrole nitrogens is 1. The summed E-state index contributed by atoms with van der Waals surface area (Å²) in [6.07, 6.45) is 5.02. The predicted octanol–water partition coefficient (Wildman–Crippen LogP) is 3.55. The molecule has 2 aromatic carbocycles. The lowest BCUT2D eigenvalue weighted by Crippen LogP contribution is -2.56. The highest BCUT2D eigenvalue weighted by Crippen LogP contribution is 2.59. The Kier molecular flexibility index (Phi) is 8.98. The number of benzene rings is 2. The zero-order valence-electron chi connectivity index (χ0n) is 25.7. The number of alkyl halides is 2. The van der Waals surface area contributed by atoms with Crippen molar-refractivity contribution >= 4 is 36.1 Å². The second-order valence-corrected chi connectivity index (χ2v) is 14.4. The Morgan fingerprint density at radius 2 is 1.73 bits per heavy atom. The number of halogens is 2. The maximum atomic E-state index is 14.4. The molecule has 48 heavy (non-hydrogen) atoms. The average Bonchev–Trinajstić information content (AvgIpc) is 3.68. The number of amides is 3. The molecular weight excluding hydrogens is 647 g/mol. The number of fused-ring (bicyclic) bond motifs is 2. The number of nitrogens with one attached hydrogen (secondary N) is 2. The summed E-state index contributed by atoms with van der Waals surface area (Å²) in [6, 6.07) is 10.9. The van der Waals surface area contributed by atoms with Gasteiger partial charge in [0.2, 0.25) is 17.4 Å². The average molecular weight is 682 g/mol. The van der Waals surface area contributed by atoms with Gasteiger partial charge in [0.25, 0.3) is 5.91 Å². The zero-order chi connectivity index (χ0) is 34.4. The number of aromatic nitrogens is 1. The van der Waals surface area contributed by atoms with Crippen molar-refractivity contribution in [1.82, 2.24) is 20.1 Å². The molecule has 5 atom stereocenters. The Labute approximate surface area is 273 Å². The first-order chi connectivity index (χ1) is 22.8. The van der Waals surface area contributed by atoms with Gasteiger partial charge >= 0.3 is 13.3 Å². The molecule has 252 valence electrons. The van der Waals surface area contributed by atoms with Gasteiger partial charge in [-0.2, -0.15) is 14.0 Å². The monoisotopic (exact) mass is 681 g/mol. The van der Waals surface area contributed by atoms with E-state index in [-0.39, 0.29) is 47.5 Å². The molecule has 3 amide bonds. The van der Waals surface area contributed by atoms with E-state index in [4.69, 9.17) is 9.79 Å². The minimum Gasteiger partial charge on any atom is -0.340 e. The van der Waals surface area contributed by atoms with Crippen LogP contribution < -0.4 is 10.9 Å². The van der Waals surface area contributed by atoms with Crippen molar-refractivity contribution < 1.29 is 37.5 Å². The van der Waals surface area contributed by atoms with Gasteiger partial charge in [0.1, 0.15) is 12.1 Å². The van der Waals surface area contributed by atoms with E-state index in [2.05, 4.69) is 16.4 Å². The van der Waals surface area contributed by atoms with E-state index in [9.17, 15) is 37.8 Å². The Balaban J connectivity index is 1.20. The molecule has 0 spiro atoms. The molecule has 3 aliphatic rings. The second kappa shape index (κ2) is 12.9. The van der Waals surface area contributed by atoms with E-state index in [1.807, 2.05) is 0 Å². The largest absolute Gasteiger partial charge is 0.399 e. The third-order valence-electron chi connectivity index (χ3n) is 9.77. The molecule has 0 aliphatic carbocycles. The molecule has 0 saturated carbocycles. The molecule has 6 rings (SSSR count). The van der Waals surface area contributed by atoms with Crippen molar-refractivity contribution in [2.24, 2.45) is 5.92 Å². The van der Waals surface area contributed by atoms with Gasteiger partial charge in [-0.3, -0.25) is 23.7 Å². The van der Waals surface area contributed by atoms with Gasteiger partial charge in [-0.05, 0) is 66.3 Å². The Hall–Kier alpha value is -4.44. The van der Waals surface area contributed by atoms with Gasteiger partial charge < -0.3 is 29.9 Å². The fourth-order valence-electron chi connectivity index (χ4n) is 7.25. The summed E-state index contributed by atoms with van der Waals surface area (Å²) in [5, 5.41) is 13.2. The van der Waals surface area contributed by atoms with E-state index in [0.29, 0.717) is 43.1 Å². The number of hydrogen-bond donors (Lipinski definition) is 4.